The fraction of sp³-hybridized carbons (Fsp3) is 0.206. The average Bonchev–Trinajstić information content (AvgIpc) is 3.52. The molecule has 0 aromatic heterocycles. The normalized spacial score (nSPS) is 17.0. The zero-order valence-corrected chi connectivity index (χ0v) is 23.5. The van der Waals surface area contributed by atoms with Crippen molar-refractivity contribution < 1.29 is 23.5 Å². The van der Waals surface area contributed by atoms with E-state index in [1.807, 2.05) is 36.4 Å². The van der Waals surface area contributed by atoms with Gasteiger partial charge in [0.1, 0.15) is 29.5 Å². The van der Waals surface area contributed by atoms with Gasteiger partial charge in [-0.1, -0.05) is 54.6 Å². The summed E-state index contributed by atoms with van der Waals surface area (Å²) < 4.78 is 24.9. The van der Waals surface area contributed by atoms with E-state index >= 15 is 0 Å². The Hall–Kier alpha value is -4.82. The van der Waals surface area contributed by atoms with E-state index < -0.39 is 11.7 Å². The molecule has 4 aromatic carbocycles. The number of benzene rings is 4. The number of halogens is 1. The van der Waals surface area contributed by atoms with Crippen LogP contribution in [0.1, 0.15) is 76.7 Å². The number of nitrogens with zero attached hydrogens (tertiary/aromatic N) is 1. The summed E-state index contributed by atoms with van der Waals surface area (Å²) in [6, 6.07) is 25.5. The molecule has 4 aromatic rings. The number of carbonyl (C=O) groups is 2. The molecule has 6 rings (SSSR count). The van der Waals surface area contributed by atoms with Gasteiger partial charge in [-0.05, 0) is 90.0 Å². The molecule has 0 radical (unpaired) electrons. The van der Waals surface area contributed by atoms with Gasteiger partial charge in [-0.25, -0.2) is 9.18 Å². The van der Waals surface area contributed by atoms with E-state index in [2.05, 4.69) is 22.4 Å². The highest BCUT2D eigenvalue weighted by Gasteiger charge is 2.43. The number of hydrogen-bond acceptors (Lipinski definition) is 4. The van der Waals surface area contributed by atoms with Crippen molar-refractivity contribution in [2.24, 2.45) is 10.7 Å². The van der Waals surface area contributed by atoms with Gasteiger partial charge in [0, 0.05) is 17.7 Å². The first kappa shape index (κ1) is 27.4. The van der Waals surface area contributed by atoms with Gasteiger partial charge in [-0.15, -0.1) is 0 Å². The second kappa shape index (κ2) is 10.5. The van der Waals surface area contributed by atoms with Crippen molar-refractivity contribution >= 4 is 17.8 Å². The summed E-state index contributed by atoms with van der Waals surface area (Å²) in [7, 11) is 0. The van der Waals surface area contributed by atoms with Crippen molar-refractivity contribution in [3.63, 3.8) is 0 Å². The van der Waals surface area contributed by atoms with Gasteiger partial charge in [0.25, 0.3) is 5.91 Å². The Morgan fingerprint density at radius 3 is 2.12 bits per heavy atom. The Labute approximate surface area is 243 Å². The van der Waals surface area contributed by atoms with Crippen LogP contribution in [0.15, 0.2) is 89.9 Å². The first-order valence-electron chi connectivity index (χ1n) is 13.7. The quantitative estimate of drug-likeness (QED) is 0.211. The second-order valence-electron chi connectivity index (χ2n) is 11.4. The van der Waals surface area contributed by atoms with Crippen LogP contribution in [-0.2, 0) is 16.0 Å². The fourth-order valence-electron chi connectivity index (χ4n) is 5.33. The molecule has 0 fully saturated rings. The maximum Gasteiger partial charge on any atom is 0.436 e. The number of ether oxygens (including phenoxy) is 2. The largest absolute Gasteiger partial charge is 0.442 e. The van der Waals surface area contributed by atoms with Crippen molar-refractivity contribution in [1.29, 1.82) is 0 Å². The van der Waals surface area contributed by atoms with Gasteiger partial charge in [0.2, 0.25) is 0 Å². The highest BCUT2D eigenvalue weighted by atomic mass is 19.1. The Morgan fingerprint density at radius 1 is 0.833 bits per heavy atom. The fourth-order valence-corrected chi connectivity index (χ4v) is 5.33. The lowest BCUT2D eigenvalue weighted by atomic mass is 9.84. The zero-order chi connectivity index (χ0) is 29.6. The van der Waals surface area contributed by atoms with E-state index in [4.69, 9.17) is 15.2 Å². The molecule has 2 atom stereocenters. The van der Waals surface area contributed by atoms with Crippen LogP contribution in [0.4, 0.5) is 9.18 Å². The van der Waals surface area contributed by atoms with Crippen LogP contribution >= 0.6 is 0 Å². The second-order valence-corrected chi connectivity index (χ2v) is 11.4. The molecule has 8 heteroatoms. The van der Waals surface area contributed by atoms with E-state index in [0.29, 0.717) is 17.7 Å². The lowest BCUT2D eigenvalue weighted by molar-refractivity contribution is 0.0604. The van der Waals surface area contributed by atoms with Crippen LogP contribution in [0, 0.1) is 5.82 Å². The first-order chi connectivity index (χ1) is 20.1. The molecule has 2 amide bonds. The molecule has 2 aliphatic heterocycles. The van der Waals surface area contributed by atoms with Crippen molar-refractivity contribution in [3.8, 4) is 11.1 Å². The van der Waals surface area contributed by atoms with Crippen LogP contribution in [0.2, 0.25) is 0 Å². The lowest BCUT2D eigenvalue weighted by Crippen LogP contribution is -2.24. The number of amides is 2. The molecule has 2 aliphatic rings. The lowest BCUT2D eigenvalue weighted by Gasteiger charge is -2.18. The Morgan fingerprint density at radius 2 is 1.43 bits per heavy atom. The predicted molar refractivity (Wildman–Crippen MR) is 158 cm³/mol. The number of carbonyl (C=O) groups excluding carboxylic acids is 2. The molecule has 0 saturated carbocycles. The highest BCUT2D eigenvalue weighted by Crippen LogP contribution is 2.54. The number of fused-ring (bicyclic) bond motifs is 8. The molecule has 0 saturated heterocycles. The molecule has 2 heterocycles. The minimum atomic E-state index is -0.749. The van der Waals surface area contributed by atoms with Crippen molar-refractivity contribution in [2.75, 3.05) is 0 Å². The van der Waals surface area contributed by atoms with Gasteiger partial charge in [-0.2, -0.15) is 4.99 Å². The maximum absolute atomic E-state index is 13.4. The number of hydrogen-bond donors (Lipinski definition) is 2. The van der Waals surface area contributed by atoms with Crippen molar-refractivity contribution in [2.45, 2.75) is 45.1 Å². The predicted octanol–water partition coefficient (Wildman–Crippen LogP) is 6.59. The van der Waals surface area contributed by atoms with Crippen LogP contribution in [0.25, 0.3) is 11.1 Å². The highest BCUT2D eigenvalue weighted by molar-refractivity contribution is 6.02. The molecule has 42 heavy (non-hydrogen) atoms. The molecule has 7 nitrogen and oxygen atoms in total. The molecule has 212 valence electrons. The van der Waals surface area contributed by atoms with Crippen molar-refractivity contribution in [3.05, 3.63) is 130 Å². The topological polar surface area (TPSA) is 103 Å². The van der Waals surface area contributed by atoms with Crippen LogP contribution in [0.3, 0.4) is 0 Å². The third-order valence-electron chi connectivity index (χ3n) is 7.32. The minimum Gasteiger partial charge on any atom is -0.442 e. The van der Waals surface area contributed by atoms with E-state index in [1.165, 1.54) is 12.1 Å². The molecule has 0 spiro atoms. The first-order valence-corrected chi connectivity index (χ1v) is 13.7. The molecule has 3 N–H and O–H groups in total. The van der Waals surface area contributed by atoms with Crippen LogP contribution in [-0.4, -0.2) is 23.4 Å². The standard InChI is InChI=1S/C34H30FN3O4/c1-34(2,3)42-33(40)38-31(36)21-6-4-19(5-7-21)18-37-32(39)23-11-15-26-28(17-23)30-27-16-22(10-14-25(27)29(26)41-30)20-8-12-24(35)13-9-20/h4-17,29-30H,18H2,1-3H3,(H,37,39)(H2,36,38,40)/t29-,30+/m0/s1. The molecule has 0 unspecified atom stereocenters. The SMILES string of the molecule is CC(C)(C)OC(=O)N=C(N)c1ccc(CNC(=O)c2ccc3c(c2)[C@@H]2O[C@H]3c3ccc(-c4ccc(F)cc4)cc32)cc1. The summed E-state index contributed by atoms with van der Waals surface area (Å²) in [5, 5.41) is 2.97. The smallest absolute Gasteiger partial charge is 0.436 e. The number of nitrogens with one attached hydrogen (secondary N) is 1. The maximum atomic E-state index is 13.4. The van der Waals surface area contributed by atoms with Gasteiger partial charge in [0.05, 0.1) is 0 Å². The summed E-state index contributed by atoms with van der Waals surface area (Å²) in [5.74, 6) is -0.412. The monoisotopic (exact) mass is 563 g/mol. The number of amidine groups is 1. The number of rotatable bonds is 5. The van der Waals surface area contributed by atoms with Crippen LogP contribution < -0.4 is 11.1 Å². The van der Waals surface area contributed by atoms with E-state index in [0.717, 1.165) is 38.9 Å². The zero-order valence-electron chi connectivity index (χ0n) is 23.5. The average molecular weight is 564 g/mol. The van der Waals surface area contributed by atoms with E-state index in [1.54, 1.807) is 45.0 Å². The molecule has 0 aliphatic carbocycles. The third kappa shape index (κ3) is 5.41. The van der Waals surface area contributed by atoms with Crippen LogP contribution in [0.5, 0.6) is 0 Å². The van der Waals surface area contributed by atoms with E-state index in [9.17, 15) is 14.0 Å². The Kier molecular flexibility index (Phi) is 6.86. The third-order valence-corrected chi connectivity index (χ3v) is 7.32. The van der Waals surface area contributed by atoms with Gasteiger partial charge >= 0.3 is 6.09 Å². The summed E-state index contributed by atoms with van der Waals surface area (Å²) in [4.78, 5) is 28.8. The summed E-state index contributed by atoms with van der Waals surface area (Å²) in [6.07, 6.45) is -1.17. The number of nitrogens with two attached hydrogens (primary N) is 1. The summed E-state index contributed by atoms with van der Waals surface area (Å²) >= 11 is 0. The molecule has 2 bridgehead atoms. The molecular weight excluding hydrogens is 533 g/mol. The minimum absolute atomic E-state index is 0.0563. The molecular formula is C34H30FN3O4. The number of aliphatic imine (C=N–C) groups is 1. The van der Waals surface area contributed by atoms with Gasteiger partial charge in [0.15, 0.2) is 0 Å². The Balaban J connectivity index is 1.12. The Bertz CT molecular complexity index is 1720. The van der Waals surface area contributed by atoms with Gasteiger partial charge in [-0.3, -0.25) is 4.79 Å². The van der Waals surface area contributed by atoms with E-state index in [-0.39, 0.29) is 29.8 Å². The summed E-state index contributed by atoms with van der Waals surface area (Å²) in [5.41, 5.74) is 13.5. The van der Waals surface area contributed by atoms with Gasteiger partial charge < -0.3 is 20.5 Å². The summed E-state index contributed by atoms with van der Waals surface area (Å²) in [6.45, 7) is 5.58. The van der Waals surface area contributed by atoms with Crippen molar-refractivity contribution in [1.82, 2.24) is 5.32 Å².